The van der Waals surface area contributed by atoms with Crippen molar-refractivity contribution >= 4 is 16.1 Å². The summed E-state index contributed by atoms with van der Waals surface area (Å²) in [5.41, 5.74) is 0.667. The van der Waals surface area contributed by atoms with Gasteiger partial charge in [-0.3, -0.25) is 0 Å². The molecule has 21 heavy (non-hydrogen) atoms. The lowest BCUT2D eigenvalue weighted by Gasteiger charge is -2.27. The van der Waals surface area contributed by atoms with Crippen molar-refractivity contribution in [2.24, 2.45) is 5.41 Å². The second kappa shape index (κ2) is 7.39. The van der Waals surface area contributed by atoms with Crippen LogP contribution in [0.4, 0.5) is 0 Å². The minimum atomic E-state index is -3.52. The van der Waals surface area contributed by atoms with Gasteiger partial charge in [0.05, 0.1) is 6.07 Å². The molecule has 0 unspecified atom stereocenters. The normalized spacial score (nSPS) is 12.7. The fraction of sp³-hybridized carbons (Fsp3) is 0.438. The predicted molar refractivity (Wildman–Crippen MR) is 85.7 cm³/mol. The molecule has 0 amide bonds. The molecule has 0 spiro atoms. The highest BCUT2D eigenvalue weighted by molar-refractivity contribution is 7.92. The van der Waals surface area contributed by atoms with E-state index in [2.05, 4.69) is 0 Å². The van der Waals surface area contributed by atoms with E-state index in [1.807, 2.05) is 57.2 Å². The van der Waals surface area contributed by atoms with Gasteiger partial charge in [0.25, 0.3) is 0 Å². The summed E-state index contributed by atoms with van der Waals surface area (Å²) < 4.78 is 26.2. The van der Waals surface area contributed by atoms with Crippen LogP contribution in [0.1, 0.15) is 32.8 Å². The van der Waals surface area contributed by atoms with Crippen molar-refractivity contribution in [1.82, 2.24) is 4.31 Å². The SMILES string of the molecule is CC(C)(C)CN(CCC#N)S(=O)(=O)C=Cc1ccccc1. The summed E-state index contributed by atoms with van der Waals surface area (Å²) in [5.74, 6) is 0. The van der Waals surface area contributed by atoms with Gasteiger partial charge in [0.2, 0.25) is 10.0 Å². The Morgan fingerprint density at radius 1 is 1.24 bits per heavy atom. The summed E-state index contributed by atoms with van der Waals surface area (Å²) in [6.07, 6.45) is 1.77. The largest absolute Gasteiger partial charge is 0.236 e. The fourth-order valence-corrected chi connectivity index (χ4v) is 3.23. The number of rotatable bonds is 6. The first-order valence-electron chi connectivity index (χ1n) is 6.85. The number of hydrogen-bond acceptors (Lipinski definition) is 3. The van der Waals surface area contributed by atoms with E-state index >= 15 is 0 Å². The van der Waals surface area contributed by atoms with E-state index < -0.39 is 10.0 Å². The summed E-state index contributed by atoms with van der Waals surface area (Å²) in [6, 6.07) is 11.3. The number of hydrogen-bond donors (Lipinski definition) is 0. The molecular formula is C16H22N2O2S. The van der Waals surface area contributed by atoms with Gasteiger partial charge < -0.3 is 0 Å². The summed E-state index contributed by atoms with van der Waals surface area (Å²) in [7, 11) is -3.52. The Balaban J connectivity index is 2.93. The molecule has 5 heteroatoms. The standard InChI is InChI=1S/C16H22N2O2S/c1-16(2,3)14-18(12-7-11-17)21(19,20)13-10-15-8-5-4-6-9-15/h4-6,8-10,13H,7,12,14H2,1-3H3. The Kier molecular flexibility index (Phi) is 6.13. The van der Waals surface area contributed by atoms with Gasteiger partial charge >= 0.3 is 0 Å². The molecular weight excluding hydrogens is 284 g/mol. The Labute approximate surface area is 127 Å². The third-order valence-electron chi connectivity index (χ3n) is 2.72. The van der Waals surface area contributed by atoms with E-state index in [9.17, 15) is 8.42 Å². The lowest BCUT2D eigenvalue weighted by molar-refractivity contribution is 0.287. The van der Waals surface area contributed by atoms with Crippen molar-refractivity contribution in [3.05, 3.63) is 41.3 Å². The van der Waals surface area contributed by atoms with Crippen LogP contribution < -0.4 is 0 Å². The van der Waals surface area contributed by atoms with Gasteiger partial charge in [-0.15, -0.1) is 0 Å². The van der Waals surface area contributed by atoms with Crippen LogP contribution in [0.5, 0.6) is 0 Å². The maximum atomic E-state index is 12.4. The van der Waals surface area contributed by atoms with Crippen molar-refractivity contribution in [2.75, 3.05) is 13.1 Å². The Hall–Kier alpha value is -1.64. The van der Waals surface area contributed by atoms with Gasteiger partial charge in [-0.25, -0.2) is 8.42 Å². The molecule has 0 aliphatic heterocycles. The van der Waals surface area contributed by atoms with Crippen LogP contribution in [0, 0.1) is 16.7 Å². The summed E-state index contributed by atoms with van der Waals surface area (Å²) in [5, 5.41) is 9.91. The molecule has 0 saturated heterocycles. The van der Waals surface area contributed by atoms with Crippen molar-refractivity contribution < 1.29 is 8.42 Å². The first kappa shape index (κ1) is 17.4. The molecule has 0 radical (unpaired) electrons. The molecule has 0 bridgehead atoms. The highest BCUT2D eigenvalue weighted by Crippen LogP contribution is 2.19. The van der Waals surface area contributed by atoms with Gasteiger partial charge in [-0.1, -0.05) is 51.1 Å². The second-order valence-corrected chi connectivity index (χ2v) is 7.88. The molecule has 0 fully saturated rings. The monoisotopic (exact) mass is 306 g/mol. The fourth-order valence-electron chi connectivity index (χ4n) is 1.81. The minimum absolute atomic E-state index is 0.164. The van der Waals surface area contributed by atoms with Gasteiger partial charge in [0.15, 0.2) is 0 Å². The van der Waals surface area contributed by atoms with Crippen LogP contribution in [-0.4, -0.2) is 25.8 Å². The first-order valence-corrected chi connectivity index (χ1v) is 8.35. The lowest BCUT2D eigenvalue weighted by atomic mass is 9.97. The molecule has 0 atom stereocenters. The zero-order chi connectivity index (χ0) is 15.9. The van der Waals surface area contributed by atoms with Crippen molar-refractivity contribution in [3.8, 4) is 6.07 Å². The van der Waals surface area contributed by atoms with Crippen LogP contribution in [0.3, 0.4) is 0 Å². The van der Waals surface area contributed by atoms with E-state index in [0.717, 1.165) is 5.56 Å². The molecule has 0 N–H and O–H groups in total. The van der Waals surface area contributed by atoms with E-state index in [4.69, 9.17) is 5.26 Å². The molecule has 0 aliphatic rings. The molecule has 0 aromatic heterocycles. The third kappa shape index (κ3) is 6.56. The lowest BCUT2D eigenvalue weighted by Crippen LogP contribution is -2.37. The molecule has 4 nitrogen and oxygen atoms in total. The second-order valence-electron chi connectivity index (χ2n) is 6.06. The topological polar surface area (TPSA) is 61.2 Å². The van der Waals surface area contributed by atoms with Crippen LogP contribution in [0.15, 0.2) is 35.7 Å². The average Bonchev–Trinajstić information content (AvgIpc) is 2.41. The third-order valence-corrected chi connectivity index (χ3v) is 4.23. The Bertz CT molecular complexity index is 608. The van der Waals surface area contributed by atoms with Gasteiger partial charge in [0.1, 0.15) is 0 Å². The molecule has 1 aromatic carbocycles. The minimum Gasteiger partial charge on any atom is -0.208 e. The van der Waals surface area contributed by atoms with Gasteiger partial charge in [-0.2, -0.15) is 9.57 Å². The molecule has 0 aliphatic carbocycles. The summed E-state index contributed by atoms with van der Waals surface area (Å²) in [4.78, 5) is 0. The highest BCUT2D eigenvalue weighted by atomic mass is 32.2. The van der Waals surface area contributed by atoms with Crippen molar-refractivity contribution in [1.29, 1.82) is 5.26 Å². The maximum Gasteiger partial charge on any atom is 0.236 e. The maximum absolute atomic E-state index is 12.4. The summed E-state index contributed by atoms with van der Waals surface area (Å²) >= 11 is 0. The predicted octanol–water partition coefficient (Wildman–Crippen LogP) is 3.25. The summed E-state index contributed by atoms with van der Waals surface area (Å²) in [6.45, 7) is 6.53. The number of nitriles is 1. The van der Waals surface area contributed by atoms with E-state index in [0.29, 0.717) is 6.54 Å². The van der Waals surface area contributed by atoms with Crippen molar-refractivity contribution in [2.45, 2.75) is 27.2 Å². The van der Waals surface area contributed by atoms with Gasteiger partial charge in [0, 0.05) is 24.9 Å². The van der Waals surface area contributed by atoms with Crippen molar-refractivity contribution in [3.63, 3.8) is 0 Å². The van der Waals surface area contributed by atoms with E-state index in [-0.39, 0.29) is 18.4 Å². The zero-order valence-electron chi connectivity index (χ0n) is 12.8. The molecule has 0 heterocycles. The van der Waals surface area contributed by atoms with Crippen LogP contribution in [0.25, 0.3) is 6.08 Å². The first-order chi connectivity index (χ1) is 9.74. The van der Waals surface area contributed by atoms with E-state index in [1.165, 1.54) is 9.71 Å². The molecule has 1 aromatic rings. The Morgan fingerprint density at radius 2 is 1.86 bits per heavy atom. The molecule has 114 valence electrons. The quantitative estimate of drug-likeness (QED) is 0.810. The Morgan fingerprint density at radius 3 is 2.38 bits per heavy atom. The zero-order valence-corrected chi connectivity index (χ0v) is 13.6. The average molecular weight is 306 g/mol. The van der Waals surface area contributed by atoms with Crippen LogP contribution in [-0.2, 0) is 10.0 Å². The number of benzene rings is 1. The number of sulfonamides is 1. The highest BCUT2D eigenvalue weighted by Gasteiger charge is 2.24. The van der Waals surface area contributed by atoms with Crippen LogP contribution >= 0.6 is 0 Å². The van der Waals surface area contributed by atoms with E-state index in [1.54, 1.807) is 6.08 Å². The van der Waals surface area contributed by atoms with Gasteiger partial charge in [-0.05, 0) is 17.1 Å². The molecule has 0 saturated carbocycles. The number of nitrogens with zero attached hydrogens (tertiary/aromatic N) is 2. The molecule has 1 rings (SSSR count). The smallest absolute Gasteiger partial charge is 0.208 e. The van der Waals surface area contributed by atoms with Crippen LogP contribution in [0.2, 0.25) is 0 Å².